The van der Waals surface area contributed by atoms with E-state index in [9.17, 15) is 4.79 Å². The summed E-state index contributed by atoms with van der Waals surface area (Å²) in [4.78, 5) is 12.4. The van der Waals surface area contributed by atoms with Gasteiger partial charge in [-0.1, -0.05) is 23.7 Å². The molecule has 0 amide bonds. The van der Waals surface area contributed by atoms with Crippen molar-refractivity contribution in [3.05, 3.63) is 57.9 Å². The molecular formula is C16H16ClN3O2. The number of esters is 1. The Balaban J connectivity index is 2.15. The van der Waals surface area contributed by atoms with Crippen molar-refractivity contribution >= 4 is 23.4 Å². The van der Waals surface area contributed by atoms with Crippen LogP contribution < -0.4 is 5.32 Å². The van der Waals surface area contributed by atoms with Crippen LogP contribution in [0.4, 0.5) is 5.82 Å². The average molecular weight is 318 g/mol. The van der Waals surface area contributed by atoms with Crippen molar-refractivity contribution in [2.24, 2.45) is 0 Å². The molecule has 2 N–H and O–H groups in total. The number of fused-ring (bicyclic) bond motifs is 1. The Labute approximate surface area is 133 Å². The molecule has 5 nitrogen and oxygen atoms in total. The van der Waals surface area contributed by atoms with Gasteiger partial charge in [0, 0.05) is 22.2 Å². The summed E-state index contributed by atoms with van der Waals surface area (Å²) >= 11 is 6.12. The van der Waals surface area contributed by atoms with Crippen LogP contribution >= 0.6 is 11.6 Å². The van der Waals surface area contributed by atoms with Gasteiger partial charge in [0.25, 0.3) is 0 Å². The van der Waals surface area contributed by atoms with Gasteiger partial charge in [0.1, 0.15) is 5.82 Å². The van der Waals surface area contributed by atoms with E-state index in [1.165, 1.54) is 0 Å². The number of aromatic nitrogens is 2. The van der Waals surface area contributed by atoms with Crippen LogP contribution in [0.3, 0.4) is 0 Å². The van der Waals surface area contributed by atoms with E-state index in [1.54, 1.807) is 13.1 Å². The molecule has 1 aromatic heterocycles. The third-order valence-corrected chi connectivity index (χ3v) is 3.90. The van der Waals surface area contributed by atoms with Crippen LogP contribution in [-0.4, -0.2) is 22.8 Å². The molecule has 0 saturated heterocycles. The van der Waals surface area contributed by atoms with E-state index >= 15 is 0 Å². The lowest BCUT2D eigenvalue weighted by Crippen LogP contribution is -2.24. The number of nitrogens with zero attached hydrogens (tertiary/aromatic N) is 1. The number of carbonyl (C=O) groups excluding carboxylic acids is 1. The first-order valence-corrected chi connectivity index (χ1v) is 7.43. The number of hydrogen-bond donors (Lipinski definition) is 2. The van der Waals surface area contributed by atoms with E-state index in [1.807, 2.05) is 31.2 Å². The number of aromatic amines is 1. The highest BCUT2D eigenvalue weighted by Crippen LogP contribution is 2.41. The Morgan fingerprint density at radius 1 is 1.45 bits per heavy atom. The first kappa shape index (κ1) is 14.7. The minimum atomic E-state index is -0.329. The van der Waals surface area contributed by atoms with Gasteiger partial charge in [-0.2, -0.15) is 5.10 Å². The van der Waals surface area contributed by atoms with Crippen LogP contribution in [0.25, 0.3) is 0 Å². The molecule has 1 aliphatic heterocycles. The number of nitrogens with one attached hydrogen (secondary N) is 2. The van der Waals surface area contributed by atoms with E-state index in [2.05, 4.69) is 15.5 Å². The number of carbonyl (C=O) groups is 1. The van der Waals surface area contributed by atoms with Crippen LogP contribution in [-0.2, 0) is 9.53 Å². The molecule has 3 rings (SSSR count). The number of rotatable bonds is 3. The van der Waals surface area contributed by atoms with E-state index in [4.69, 9.17) is 16.3 Å². The van der Waals surface area contributed by atoms with Gasteiger partial charge in [-0.25, -0.2) is 4.79 Å². The summed E-state index contributed by atoms with van der Waals surface area (Å²) in [6.07, 6.45) is 1.72. The molecule has 0 fully saturated rings. The fraction of sp³-hybridized carbons (Fsp3) is 0.250. The topological polar surface area (TPSA) is 67.0 Å². The summed E-state index contributed by atoms with van der Waals surface area (Å²) in [5, 5.41) is 10.8. The van der Waals surface area contributed by atoms with E-state index in [0.717, 1.165) is 22.6 Å². The molecule has 0 spiro atoms. The molecule has 2 aromatic rings. The van der Waals surface area contributed by atoms with Crippen molar-refractivity contribution in [3.8, 4) is 0 Å². The summed E-state index contributed by atoms with van der Waals surface area (Å²) < 4.78 is 5.22. The number of H-pyrrole nitrogens is 1. The maximum atomic E-state index is 12.4. The number of benzene rings is 1. The summed E-state index contributed by atoms with van der Waals surface area (Å²) in [5.74, 6) is 0.201. The highest BCUT2D eigenvalue weighted by molar-refractivity contribution is 6.30. The molecule has 0 radical (unpaired) electrons. The van der Waals surface area contributed by atoms with Gasteiger partial charge >= 0.3 is 5.97 Å². The van der Waals surface area contributed by atoms with Crippen molar-refractivity contribution in [2.75, 3.05) is 11.9 Å². The second kappa shape index (κ2) is 5.85. The van der Waals surface area contributed by atoms with Crippen LogP contribution in [0.2, 0.25) is 5.02 Å². The molecule has 1 aliphatic rings. The number of hydrogen-bond acceptors (Lipinski definition) is 4. The van der Waals surface area contributed by atoms with E-state index < -0.39 is 0 Å². The van der Waals surface area contributed by atoms with Gasteiger partial charge in [-0.3, -0.25) is 5.10 Å². The van der Waals surface area contributed by atoms with Crippen LogP contribution in [0.1, 0.15) is 30.9 Å². The molecule has 0 saturated carbocycles. The monoisotopic (exact) mass is 317 g/mol. The van der Waals surface area contributed by atoms with Crippen LogP contribution in [0.15, 0.2) is 41.7 Å². The molecular weight excluding hydrogens is 302 g/mol. The fourth-order valence-corrected chi connectivity index (χ4v) is 2.95. The highest BCUT2D eigenvalue weighted by atomic mass is 35.5. The zero-order chi connectivity index (χ0) is 15.7. The molecule has 114 valence electrons. The third-order valence-electron chi connectivity index (χ3n) is 3.66. The third kappa shape index (κ3) is 2.48. The van der Waals surface area contributed by atoms with Crippen molar-refractivity contribution in [2.45, 2.75) is 19.8 Å². The van der Waals surface area contributed by atoms with Crippen molar-refractivity contribution in [3.63, 3.8) is 0 Å². The number of allylic oxidation sites excluding steroid dienone is 1. The van der Waals surface area contributed by atoms with Crippen molar-refractivity contribution < 1.29 is 9.53 Å². The predicted molar refractivity (Wildman–Crippen MR) is 84.8 cm³/mol. The van der Waals surface area contributed by atoms with Gasteiger partial charge in [0.05, 0.1) is 18.4 Å². The zero-order valence-corrected chi connectivity index (χ0v) is 13.1. The molecule has 1 unspecified atom stereocenters. The Hall–Kier alpha value is -2.27. The molecule has 1 atom stereocenters. The lowest BCUT2D eigenvalue weighted by molar-refractivity contribution is -0.138. The Morgan fingerprint density at radius 3 is 3.00 bits per heavy atom. The zero-order valence-electron chi connectivity index (χ0n) is 12.3. The lowest BCUT2D eigenvalue weighted by atomic mass is 9.83. The molecule has 0 bridgehead atoms. The van der Waals surface area contributed by atoms with Gasteiger partial charge in [0.2, 0.25) is 0 Å². The summed E-state index contributed by atoms with van der Waals surface area (Å²) in [7, 11) is 0. The summed E-state index contributed by atoms with van der Waals surface area (Å²) in [6.45, 7) is 3.98. The molecule has 1 aromatic carbocycles. The van der Waals surface area contributed by atoms with Crippen molar-refractivity contribution in [1.82, 2.24) is 10.2 Å². The number of halogens is 1. The van der Waals surface area contributed by atoms with Gasteiger partial charge in [0.15, 0.2) is 0 Å². The normalized spacial score (nSPS) is 17.0. The summed E-state index contributed by atoms with van der Waals surface area (Å²) in [6, 6.07) is 7.49. The Bertz CT molecular complexity index is 751. The van der Waals surface area contributed by atoms with Gasteiger partial charge in [-0.15, -0.1) is 0 Å². The van der Waals surface area contributed by atoms with E-state index in [0.29, 0.717) is 17.2 Å². The Kier molecular flexibility index (Phi) is 3.90. The van der Waals surface area contributed by atoms with Crippen LogP contribution in [0.5, 0.6) is 0 Å². The maximum Gasteiger partial charge on any atom is 0.336 e. The minimum Gasteiger partial charge on any atom is -0.463 e. The van der Waals surface area contributed by atoms with E-state index in [-0.39, 0.29) is 11.9 Å². The quantitative estimate of drug-likeness (QED) is 0.851. The lowest BCUT2D eigenvalue weighted by Gasteiger charge is -2.27. The molecule has 0 aliphatic carbocycles. The first-order valence-electron chi connectivity index (χ1n) is 7.05. The minimum absolute atomic E-state index is 0.257. The Morgan fingerprint density at radius 2 is 2.27 bits per heavy atom. The number of ether oxygens (including phenoxy) is 1. The first-order chi connectivity index (χ1) is 10.6. The molecule has 22 heavy (non-hydrogen) atoms. The molecule has 6 heteroatoms. The fourth-order valence-electron chi connectivity index (χ4n) is 2.75. The average Bonchev–Trinajstić information content (AvgIpc) is 2.93. The second-order valence-corrected chi connectivity index (χ2v) is 5.51. The predicted octanol–water partition coefficient (Wildman–Crippen LogP) is 3.46. The standard InChI is InChI=1S/C16H16ClN3O2/c1-3-22-16(21)13-9(2)19-15-12(8-18-20-15)14(13)10-5-4-6-11(17)7-10/h4-8,14H,3H2,1-2H3,(H2,18,19,20). The molecule has 2 heterocycles. The van der Waals surface area contributed by atoms with Gasteiger partial charge < -0.3 is 10.1 Å². The smallest absolute Gasteiger partial charge is 0.336 e. The van der Waals surface area contributed by atoms with Gasteiger partial charge in [-0.05, 0) is 31.5 Å². The maximum absolute atomic E-state index is 12.4. The SMILES string of the molecule is CCOC(=O)C1=C(C)Nc2[nH]ncc2C1c1cccc(Cl)c1. The number of anilines is 1. The second-order valence-electron chi connectivity index (χ2n) is 5.07. The van der Waals surface area contributed by atoms with Crippen LogP contribution in [0, 0.1) is 0 Å². The summed E-state index contributed by atoms with van der Waals surface area (Å²) in [5.41, 5.74) is 3.16. The highest BCUT2D eigenvalue weighted by Gasteiger charge is 2.34. The largest absolute Gasteiger partial charge is 0.463 e. The van der Waals surface area contributed by atoms with Crippen molar-refractivity contribution in [1.29, 1.82) is 0 Å².